The van der Waals surface area contributed by atoms with E-state index in [2.05, 4.69) is 37.4 Å². The highest BCUT2D eigenvalue weighted by molar-refractivity contribution is 5.40. The lowest BCUT2D eigenvalue weighted by molar-refractivity contribution is -0.0759. The van der Waals surface area contributed by atoms with Crippen LogP contribution in [0.3, 0.4) is 0 Å². The van der Waals surface area contributed by atoms with Crippen molar-refractivity contribution in [3.05, 3.63) is 29.3 Å². The van der Waals surface area contributed by atoms with Gasteiger partial charge in [0.15, 0.2) is 0 Å². The minimum Gasteiger partial charge on any atom is -0.487 e. The molecule has 1 fully saturated rings. The molecule has 4 heteroatoms. The van der Waals surface area contributed by atoms with Crippen molar-refractivity contribution in [2.45, 2.75) is 38.6 Å². The van der Waals surface area contributed by atoms with E-state index in [4.69, 9.17) is 14.2 Å². The number of morpholine rings is 1. The van der Waals surface area contributed by atoms with Crippen LogP contribution in [0.25, 0.3) is 0 Å². The van der Waals surface area contributed by atoms with E-state index >= 15 is 0 Å². The summed E-state index contributed by atoms with van der Waals surface area (Å²) < 4.78 is 17.5. The van der Waals surface area contributed by atoms with Gasteiger partial charge in [0.05, 0.1) is 25.4 Å². The second-order valence-corrected chi connectivity index (χ2v) is 5.82. The number of fused-ring (bicyclic) bond motifs is 1. The first-order valence-corrected chi connectivity index (χ1v) is 7.41. The zero-order valence-corrected chi connectivity index (χ0v) is 12.2. The average Bonchev–Trinajstić information content (AvgIpc) is 2.80. The van der Waals surface area contributed by atoms with E-state index in [1.807, 2.05) is 0 Å². The number of hydrogen-bond acceptors (Lipinski definition) is 4. The number of benzene rings is 1. The third kappa shape index (κ3) is 3.32. The smallest absolute Gasteiger partial charge is 0.126 e. The van der Waals surface area contributed by atoms with Crippen molar-refractivity contribution in [2.24, 2.45) is 0 Å². The molecule has 2 aliphatic rings. The Kier molecular flexibility index (Phi) is 4.24. The summed E-state index contributed by atoms with van der Waals surface area (Å²) in [5.41, 5.74) is 2.58. The van der Waals surface area contributed by atoms with E-state index in [-0.39, 0.29) is 18.3 Å². The summed E-state index contributed by atoms with van der Waals surface area (Å²) in [7, 11) is 0. The van der Waals surface area contributed by atoms with Crippen molar-refractivity contribution >= 4 is 0 Å². The lowest BCUT2D eigenvalue weighted by atomic mass is 10.1. The predicted octanol–water partition coefficient (Wildman–Crippen LogP) is 1.69. The molecule has 1 aromatic carbocycles. The van der Waals surface area contributed by atoms with E-state index in [0.29, 0.717) is 13.2 Å². The van der Waals surface area contributed by atoms with E-state index in [1.54, 1.807) is 0 Å². The Bertz CT molecular complexity index is 463. The van der Waals surface area contributed by atoms with Gasteiger partial charge >= 0.3 is 0 Å². The summed E-state index contributed by atoms with van der Waals surface area (Å²) >= 11 is 0. The quantitative estimate of drug-likeness (QED) is 0.909. The number of ether oxygens (including phenoxy) is 3. The van der Waals surface area contributed by atoms with Crippen LogP contribution in [-0.4, -0.2) is 44.6 Å². The topological polar surface area (TPSA) is 39.7 Å². The maximum absolute atomic E-state index is 5.89. The fraction of sp³-hybridized carbons (Fsp3) is 0.625. The lowest BCUT2D eigenvalue weighted by Crippen LogP contribution is -2.45. The lowest BCUT2D eigenvalue weighted by Gasteiger charge is -2.28. The Hall–Kier alpha value is -1.10. The molecule has 20 heavy (non-hydrogen) atoms. The maximum Gasteiger partial charge on any atom is 0.126 e. The molecule has 0 amide bonds. The Morgan fingerprint density at radius 1 is 1.25 bits per heavy atom. The second kappa shape index (κ2) is 6.12. The van der Waals surface area contributed by atoms with Crippen LogP contribution in [0.4, 0.5) is 0 Å². The molecule has 110 valence electrons. The molecule has 3 atom stereocenters. The number of nitrogens with one attached hydrogen (secondary N) is 1. The first-order valence-electron chi connectivity index (χ1n) is 7.41. The summed E-state index contributed by atoms with van der Waals surface area (Å²) in [5.74, 6) is 1.01. The molecule has 3 unspecified atom stereocenters. The van der Waals surface area contributed by atoms with Gasteiger partial charge < -0.3 is 19.5 Å². The van der Waals surface area contributed by atoms with E-state index < -0.39 is 0 Å². The maximum atomic E-state index is 5.89. The van der Waals surface area contributed by atoms with Gasteiger partial charge in [0.1, 0.15) is 11.9 Å². The van der Waals surface area contributed by atoms with E-state index in [1.165, 1.54) is 11.1 Å². The molecule has 3 rings (SSSR count). The van der Waals surface area contributed by atoms with Gasteiger partial charge in [-0.05, 0) is 25.5 Å². The van der Waals surface area contributed by atoms with Crippen LogP contribution in [0.5, 0.6) is 5.75 Å². The summed E-state index contributed by atoms with van der Waals surface area (Å²) in [4.78, 5) is 0. The van der Waals surface area contributed by atoms with Crippen LogP contribution < -0.4 is 10.1 Å². The van der Waals surface area contributed by atoms with Gasteiger partial charge in [-0.25, -0.2) is 0 Å². The Morgan fingerprint density at radius 2 is 2.10 bits per heavy atom. The van der Waals surface area contributed by atoms with E-state index in [9.17, 15) is 0 Å². The molecule has 0 radical (unpaired) electrons. The van der Waals surface area contributed by atoms with Crippen molar-refractivity contribution in [3.63, 3.8) is 0 Å². The second-order valence-electron chi connectivity index (χ2n) is 5.82. The summed E-state index contributed by atoms with van der Waals surface area (Å²) in [6.45, 7) is 7.25. The van der Waals surface area contributed by atoms with Crippen molar-refractivity contribution in [1.29, 1.82) is 0 Å². The number of aryl methyl sites for hydroxylation is 1. The molecular formula is C16H23NO3. The van der Waals surface area contributed by atoms with Gasteiger partial charge in [-0.15, -0.1) is 0 Å². The minimum atomic E-state index is 0.140. The third-order valence-corrected chi connectivity index (χ3v) is 3.79. The van der Waals surface area contributed by atoms with Gasteiger partial charge in [0.25, 0.3) is 0 Å². The van der Waals surface area contributed by atoms with Crippen LogP contribution in [-0.2, 0) is 15.9 Å². The fourth-order valence-corrected chi connectivity index (χ4v) is 2.84. The van der Waals surface area contributed by atoms with Crippen molar-refractivity contribution in [3.8, 4) is 5.75 Å². The van der Waals surface area contributed by atoms with Crippen molar-refractivity contribution in [2.75, 3.05) is 26.3 Å². The predicted molar refractivity (Wildman–Crippen MR) is 77.3 cm³/mol. The highest BCUT2D eigenvalue weighted by Gasteiger charge is 2.24. The highest BCUT2D eigenvalue weighted by Crippen LogP contribution is 2.29. The molecule has 0 aliphatic carbocycles. The number of hydrogen-bond donors (Lipinski definition) is 1. The molecule has 0 spiro atoms. The average molecular weight is 277 g/mol. The molecule has 4 nitrogen and oxygen atoms in total. The largest absolute Gasteiger partial charge is 0.487 e. The van der Waals surface area contributed by atoms with Crippen molar-refractivity contribution in [1.82, 2.24) is 5.32 Å². The molecule has 1 aromatic rings. The molecule has 0 aromatic heterocycles. The molecule has 0 saturated carbocycles. The van der Waals surface area contributed by atoms with Crippen LogP contribution in [0, 0.1) is 6.92 Å². The van der Waals surface area contributed by atoms with Gasteiger partial charge in [0, 0.05) is 19.5 Å². The Balaban J connectivity index is 1.42. The van der Waals surface area contributed by atoms with Gasteiger partial charge in [-0.1, -0.05) is 17.7 Å². The van der Waals surface area contributed by atoms with Gasteiger partial charge in [0.2, 0.25) is 0 Å². The normalized spacial score (nSPS) is 29.0. The van der Waals surface area contributed by atoms with E-state index in [0.717, 1.165) is 25.3 Å². The number of rotatable bonds is 4. The van der Waals surface area contributed by atoms with Gasteiger partial charge in [-0.2, -0.15) is 0 Å². The van der Waals surface area contributed by atoms with Crippen LogP contribution in [0.2, 0.25) is 0 Å². The summed E-state index contributed by atoms with van der Waals surface area (Å²) in [6, 6.07) is 6.34. The monoisotopic (exact) mass is 277 g/mol. The first kappa shape index (κ1) is 13.9. The third-order valence-electron chi connectivity index (χ3n) is 3.79. The van der Waals surface area contributed by atoms with Crippen LogP contribution in [0.15, 0.2) is 18.2 Å². The standard InChI is InChI=1S/C16H23NO3/c1-11-3-4-16-13(5-11)6-14(20-16)9-18-10-15-8-17-7-12(2)19-15/h3-5,12,14-15,17H,6-10H2,1-2H3. The van der Waals surface area contributed by atoms with Crippen molar-refractivity contribution < 1.29 is 14.2 Å². The summed E-state index contributed by atoms with van der Waals surface area (Å²) in [5, 5.41) is 3.35. The van der Waals surface area contributed by atoms with Crippen LogP contribution in [0.1, 0.15) is 18.1 Å². The zero-order valence-electron chi connectivity index (χ0n) is 12.2. The molecule has 2 aliphatic heterocycles. The molecule has 2 heterocycles. The molecule has 0 bridgehead atoms. The Morgan fingerprint density at radius 3 is 2.95 bits per heavy atom. The minimum absolute atomic E-state index is 0.140. The zero-order chi connectivity index (χ0) is 13.9. The first-order chi connectivity index (χ1) is 9.70. The molecular weight excluding hydrogens is 254 g/mol. The summed E-state index contributed by atoms with van der Waals surface area (Å²) in [6.07, 6.45) is 1.51. The SMILES string of the molecule is Cc1ccc2c(c1)CC(COCC1CNCC(C)O1)O2. The molecule has 1 saturated heterocycles. The molecule has 1 N–H and O–H groups in total. The highest BCUT2D eigenvalue weighted by atomic mass is 16.6. The Labute approximate surface area is 120 Å². The fourth-order valence-electron chi connectivity index (χ4n) is 2.84. The van der Waals surface area contributed by atoms with Gasteiger partial charge in [-0.3, -0.25) is 0 Å². The van der Waals surface area contributed by atoms with Crippen LogP contribution >= 0.6 is 0 Å².